The van der Waals surface area contributed by atoms with Crippen LogP contribution >= 0.6 is 11.3 Å². The number of hydrogen-bond donors (Lipinski definition) is 0. The van der Waals surface area contributed by atoms with E-state index in [4.69, 9.17) is 0 Å². The van der Waals surface area contributed by atoms with E-state index in [-0.39, 0.29) is 11.9 Å². The molecule has 28 heavy (non-hydrogen) atoms. The van der Waals surface area contributed by atoms with Gasteiger partial charge in [-0.15, -0.1) is 10.2 Å². The SMILES string of the molecule is CC(C)CN1C(=O)N(C)C(=O)C12CCN(c1nnc(-c3ccccc3)s1)CC2. The summed E-state index contributed by atoms with van der Waals surface area (Å²) < 4.78 is 0. The molecule has 3 heterocycles. The minimum absolute atomic E-state index is 0.0694. The molecule has 4 rings (SSSR count). The monoisotopic (exact) mass is 399 g/mol. The standard InChI is InChI=1S/C20H25N5O2S/c1-14(2)13-25-19(27)23(3)17(26)20(25)9-11-24(12-10-20)18-22-21-16(28-18)15-7-5-4-6-8-15/h4-8,14H,9-13H2,1-3H3. The Morgan fingerprint density at radius 1 is 1.11 bits per heavy atom. The van der Waals surface area contributed by atoms with Crippen LogP contribution < -0.4 is 4.90 Å². The maximum atomic E-state index is 12.9. The number of rotatable bonds is 4. The summed E-state index contributed by atoms with van der Waals surface area (Å²) in [7, 11) is 1.59. The highest BCUT2D eigenvalue weighted by atomic mass is 32.1. The summed E-state index contributed by atoms with van der Waals surface area (Å²) in [6.45, 7) is 6.12. The second-order valence-corrected chi connectivity index (χ2v) is 8.88. The van der Waals surface area contributed by atoms with E-state index in [1.807, 2.05) is 30.3 Å². The number of piperidine rings is 1. The molecule has 0 N–H and O–H groups in total. The average molecular weight is 400 g/mol. The van der Waals surface area contributed by atoms with Crippen molar-refractivity contribution in [1.82, 2.24) is 20.0 Å². The Bertz CT molecular complexity index is 874. The van der Waals surface area contributed by atoms with Gasteiger partial charge >= 0.3 is 6.03 Å². The third-order valence-corrected chi connectivity index (χ3v) is 6.61. The van der Waals surface area contributed by atoms with Gasteiger partial charge in [0.25, 0.3) is 5.91 Å². The lowest BCUT2D eigenvalue weighted by Crippen LogP contribution is -2.57. The Kier molecular flexibility index (Phi) is 4.82. The summed E-state index contributed by atoms with van der Waals surface area (Å²) in [6, 6.07) is 9.84. The van der Waals surface area contributed by atoms with Crippen LogP contribution in [-0.2, 0) is 4.79 Å². The molecular formula is C20H25N5O2S. The quantitative estimate of drug-likeness (QED) is 0.739. The van der Waals surface area contributed by atoms with Gasteiger partial charge in [0.2, 0.25) is 5.13 Å². The predicted octanol–water partition coefficient (Wildman–Crippen LogP) is 3.09. The number of carbonyl (C=O) groups is 2. The maximum Gasteiger partial charge on any atom is 0.327 e. The van der Waals surface area contributed by atoms with Crippen LogP contribution in [0.1, 0.15) is 26.7 Å². The van der Waals surface area contributed by atoms with Crippen LogP contribution in [-0.4, -0.2) is 64.2 Å². The van der Waals surface area contributed by atoms with E-state index in [1.165, 1.54) is 4.90 Å². The summed E-state index contributed by atoms with van der Waals surface area (Å²) >= 11 is 1.56. The zero-order chi connectivity index (χ0) is 19.9. The number of aromatic nitrogens is 2. The summed E-state index contributed by atoms with van der Waals surface area (Å²) in [6.07, 6.45) is 1.24. The molecule has 148 valence electrons. The predicted molar refractivity (Wildman–Crippen MR) is 109 cm³/mol. The molecule has 7 nitrogen and oxygen atoms in total. The molecule has 2 fully saturated rings. The van der Waals surface area contributed by atoms with E-state index in [0.717, 1.165) is 15.7 Å². The van der Waals surface area contributed by atoms with Gasteiger partial charge in [0.1, 0.15) is 10.5 Å². The highest BCUT2D eigenvalue weighted by Crippen LogP contribution is 2.39. The molecule has 8 heteroatoms. The van der Waals surface area contributed by atoms with Gasteiger partial charge in [-0.05, 0) is 18.8 Å². The van der Waals surface area contributed by atoms with Gasteiger partial charge in [-0.25, -0.2) is 4.79 Å². The zero-order valence-electron chi connectivity index (χ0n) is 16.5. The lowest BCUT2D eigenvalue weighted by atomic mass is 9.85. The van der Waals surface area contributed by atoms with Gasteiger partial charge < -0.3 is 9.80 Å². The first kappa shape index (κ1) is 18.9. The molecule has 0 saturated carbocycles. The van der Waals surface area contributed by atoms with Crippen molar-refractivity contribution in [3.8, 4) is 10.6 Å². The van der Waals surface area contributed by atoms with E-state index in [2.05, 4.69) is 28.9 Å². The number of anilines is 1. The number of likely N-dealkylation sites (N-methyl/N-ethyl adjacent to an activating group) is 1. The number of urea groups is 1. The van der Waals surface area contributed by atoms with Gasteiger partial charge in [0.15, 0.2) is 0 Å². The highest BCUT2D eigenvalue weighted by Gasteiger charge is 2.56. The zero-order valence-corrected chi connectivity index (χ0v) is 17.3. The Morgan fingerprint density at radius 3 is 2.43 bits per heavy atom. The fourth-order valence-corrected chi connectivity index (χ4v) is 4.99. The van der Waals surface area contributed by atoms with Gasteiger partial charge in [-0.2, -0.15) is 0 Å². The van der Waals surface area contributed by atoms with Crippen molar-refractivity contribution in [2.45, 2.75) is 32.2 Å². The second-order valence-electron chi connectivity index (χ2n) is 7.93. The maximum absolute atomic E-state index is 12.9. The molecule has 1 spiro atoms. The van der Waals surface area contributed by atoms with Crippen molar-refractivity contribution in [3.05, 3.63) is 30.3 Å². The Morgan fingerprint density at radius 2 is 1.79 bits per heavy atom. The van der Waals surface area contributed by atoms with E-state index in [9.17, 15) is 9.59 Å². The molecule has 1 aromatic carbocycles. The second kappa shape index (κ2) is 7.16. The minimum Gasteiger partial charge on any atom is -0.346 e. The van der Waals surface area contributed by atoms with E-state index in [1.54, 1.807) is 23.3 Å². The smallest absolute Gasteiger partial charge is 0.327 e. The van der Waals surface area contributed by atoms with Gasteiger partial charge in [0, 0.05) is 32.2 Å². The van der Waals surface area contributed by atoms with Crippen molar-refractivity contribution in [1.29, 1.82) is 0 Å². The molecule has 0 aliphatic carbocycles. The molecule has 2 aliphatic heterocycles. The van der Waals surface area contributed by atoms with Crippen LogP contribution in [0.5, 0.6) is 0 Å². The van der Waals surface area contributed by atoms with Gasteiger partial charge in [0.05, 0.1) is 0 Å². The van der Waals surface area contributed by atoms with Crippen LogP contribution in [0.25, 0.3) is 10.6 Å². The number of hydrogen-bond acceptors (Lipinski definition) is 6. The molecule has 2 aromatic rings. The average Bonchev–Trinajstić information content (AvgIpc) is 3.26. The van der Waals surface area contributed by atoms with Crippen LogP contribution in [0.4, 0.5) is 9.93 Å². The minimum atomic E-state index is -0.709. The topological polar surface area (TPSA) is 69.6 Å². The Hall–Kier alpha value is -2.48. The van der Waals surface area contributed by atoms with Crippen LogP contribution in [0, 0.1) is 5.92 Å². The molecule has 2 saturated heterocycles. The lowest BCUT2D eigenvalue weighted by Gasteiger charge is -2.42. The van der Waals surface area contributed by atoms with Crippen LogP contribution in [0.15, 0.2) is 30.3 Å². The number of benzene rings is 1. The highest BCUT2D eigenvalue weighted by molar-refractivity contribution is 7.18. The summed E-state index contributed by atoms with van der Waals surface area (Å²) in [5.41, 5.74) is 0.348. The number of carbonyl (C=O) groups excluding carboxylic acids is 2. The molecule has 2 aliphatic rings. The van der Waals surface area contributed by atoms with Crippen molar-refractivity contribution >= 4 is 28.4 Å². The van der Waals surface area contributed by atoms with E-state index in [0.29, 0.717) is 38.4 Å². The van der Waals surface area contributed by atoms with Gasteiger partial charge in [-0.1, -0.05) is 55.5 Å². The molecule has 0 unspecified atom stereocenters. The van der Waals surface area contributed by atoms with Crippen LogP contribution in [0.3, 0.4) is 0 Å². The van der Waals surface area contributed by atoms with E-state index < -0.39 is 5.54 Å². The molecule has 0 bridgehead atoms. The van der Waals surface area contributed by atoms with Crippen LogP contribution in [0.2, 0.25) is 0 Å². The summed E-state index contributed by atoms with van der Waals surface area (Å²) in [5, 5.41) is 10.5. The first-order chi connectivity index (χ1) is 13.4. The number of nitrogens with zero attached hydrogens (tertiary/aromatic N) is 5. The Labute approximate surface area is 169 Å². The lowest BCUT2D eigenvalue weighted by molar-refractivity contribution is -0.133. The molecular weight excluding hydrogens is 374 g/mol. The number of amides is 3. The van der Waals surface area contributed by atoms with Crippen molar-refractivity contribution in [2.75, 3.05) is 31.6 Å². The molecule has 1 aromatic heterocycles. The van der Waals surface area contributed by atoms with Crippen molar-refractivity contribution < 1.29 is 9.59 Å². The number of imide groups is 1. The van der Waals surface area contributed by atoms with Crippen molar-refractivity contribution in [3.63, 3.8) is 0 Å². The Balaban J connectivity index is 1.52. The van der Waals surface area contributed by atoms with E-state index >= 15 is 0 Å². The third-order valence-electron chi connectivity index (χ3n) is 5.58. The first-order valence-electron chi connectivity index (χ1n) is 9.66. The summed E-state index contributed by atoms with van der Waals surface area (Å²) in [4.78, 5) is 30.8. The third kappa shape index (κ3) is 3.05. The molecule has 0 radical (unpaired) electrons. The fraction of sp³-hybridized carbons (Fsp3) is 0.500. The fourth-order valence-electron chi connectivity index (χ4n) is 4.09. The van der Waals surface area contributed by atoms with Crippen molar-refractivity contribution in [2.24, 2.45) is 5.92 Å². The first-order valence-corrected chi connectivity index (χ1v) is 10.5. The summed E-state index contributed by atoms with van der Waals surface area (Å²) in [5.74, 6) is 0.245. The molecule has 3 amide bonds. The largest absolute Gasteiger partial charge is 0.346 e. The molecule has 0 atom stereocenters. The van der Waals surface area contributed by atoms with Gasteiger partial charge in [-0.3, -0.25) is 9.69 Å². The normalized spacial score (nSPS) is 19.4.